The minimum atomic E-state index is -0.236. The Morgan fingerprint density at radius 2 is 1.97 bits per heavy atom. The van der Waals surface area contributed by atoms with Gasteiger partial charge in [-0.25, -0.2) is 4.98 Å². The van der Waals surface area contributed by atoms with Crippen LogP contribution in [0.25, 0.3) is 10.2 Å². The molecule has 156 valence electrons. The summed E-state index contributed by atoms with van der Waals surface area (Å²) >= 11 is 1.67. The summed E-state index contributed by atoms with van der Waals surface area (Å²) in [6.07, 6.45) is 1.79. The molecule has 1 saturated heterocycles. The number of piperidine rings is 1. The van der Waals surface area contributed by atoms with Crippen molar-refractivity contribution in [1.82, 2.24) is 4.98 Å². The largest absolute Gasteiger partial charge is 0.375 e. The lowest BCUT2D eigenvalue weighted by Crippen LogP contribution is -2.40. The molecule has 1 aliphatic heterocycles. The van der Waals surface area contributed by atoms with E-state index in [1.165, 1.54) is 7.11 Å². The third-order valence-electron chi connectivity index (χ3n) is 5.03. The van der Waals surface area contributed by atoms with E-state index >= 15 is 0 Å². The van der Waals surface area contributed by atoms with E-state index in [0.29, 0.717) is 17.9 Å². The van der Waals surface area contributed by atoms with Gasteiger partial charge in [-0.2, -0.15) is 0 Å². The molecule has 2 N–H and O–H groups in total. The SMILES string of the molecule is COCC(=O)Nc1cccc(NC(=O)C2CCCN(c3nc4ccccc4s3)C2)c1. The standard InChI is InChI=1S/C22H24N4O3S/c1-29-14-20(27)23-16-7-4-8-17(12-16)24-21(28)15-6-5-11-26(13-15)22-25-18-9-2-3-10-19(18)30-22/h2-4,7-10,12,15H,5-6,11,13-14H2,1H3,(H,23,27)(H,24,28). The van der Waals surface area contributed by atoms with Gasteiger partial charge in [0.25, 0.3) is 0 Å². The maximum absolute atomic E-state index is 12.9. The van der Waals surface area contributed by atoms with Crippen LogP contribution in [0, 0.1) is 5.92 Å². The molecule has 1 fully saturated rings. The second-order valence-corrected chi connectivity index (χ2v) is 8.31. The second kappa shape index (κ2) is 9.23. The average molecular weight is 425 g/mol. The van der Waals surface area contributed by atoms with Crippen LogP contribution in [-0.4, -0.2) is 43.6 Å². The number of hydrogen-bond donors (Lipinski definition) is 2. The molecule has 0 spiro atoms. The Morgan fingerprint density at radius 1 is 1.17 bits per heavy atom. The number of nitrogens with one attached hydrogen (secondary N) is 2. The first-order chi connectivity index (χ1) is 14.6. The summed E-state index contributed by atoms with van der Waals surface area (Å²) in [5, 5.41) is 6.71. The zero-order chi connectivity index (χ0) is 20.9. The molecule has 1 unspecified atom stereocenters. The Labute approximate surface area is 179 Å². The van der Waals surface area contributed by atoms with Gasteiger partial charge in [0, 0.05) is 31.6 Å². The third kappa shape index (κ3) is 4.77. The molecule has 8 heteroatoms. The number of rotatable bonds is 6. The number of para-hydroxylation sites is 1. The Kier molecular flexibility index (Phi) is 6.25. The van der Waals surface area contributed by atoms with Gasteiger partial charge in [-0.15, -0.1) is 0 Å². The highest BCUT2D eigenvalue weighted by molar-refractivity contribution is 7.22. The normalized spacial score (nSPS) is 16.4. The van der Waals surface area contributed by atoms with Gasteiger partial charge < -0.3 is 20.3 Å². The van der Waals surface area contributed by atoms with Crippen LogP contribution >= 0.6 is 11.3 Å². The fourth-order valence-corrected chi connectivity index (χ4v) is 4.61. The summed E-state index contributed by atoms with van der Waals surface area (Å²) in [6, 6.07) is 15.2. The fourth-order valence-electron chi connectivity index (χ4n) is 3.61. The van der Waals surface area contributed by atoms with Crippen molar-refractivity contribution in [3.8, 4) is 0 Å². The van der Waals surface area contributed by atoms with Crippen LogP contribution in [0.4, 0.5) is 16.5 Å². The molecule has 0 radical (unpaired) electrons. The second-order valence-electron chi connectivity index (χ2n) is 7.30. The van der Waals surface area contributed by atoms with Crippen LogP contribution in [-0.2, 0) is 14.3 Å². The zero-order valence-electron chi connectivity index (χ0n) is 16.8. The van der Waals surface area contributed by atoms with Gasteiger partial charge >= 0.3 is 0 Å². The number of ether oxygens (including phenoxy) is 1. The lowest BCUT2D eigenvalue weighted by molar-refractivity contribution is -0.120. The van der Waals surface area contributed by atoms with Crippen LogP contribution in [0.3, 0.4) is 0 Å². The summed E-state index contributed by atoms with van der Waals surface area (Å²) in [4.78, 5) is 31.5. The molecule has 7 nitrogen and oxygen atoms in total. The van der Waals surface area contributed by atoms with Crippen LogP contribution < -0.4 is 15.5 Å². The monoisotopic (exact) mass is 424 g/mol. The maximum atomic E-state index is 12.9. The van der Waals surface area contributed by atoms with Gasteiger partial charge in [0.15, 0.2) is 5.13 Å². The fraction of sp³-hybridized carbons (Fsp3) is 0.318. The molecular formula is C22H24N4O3S. The number of thiazole rings is 1. The van der Waals surface area contributed by atoms with E-state index in [-0.39, 0.29) is 24.3 Å². The number of hydrogen-bond acceptors (Lipinski definition) is 6. The summed E-state index contributed by atoms with van der Waals surface area (Å²) in [7, 11) is 1.47. The van der Waals surface area contributed by atoms with Crippen molar-refractivity contribution >= 4 is 49.9 Å². The van der Waals surface area contributed by atoms with Crippen LogP contribution in [0.1, 0.15) is 12.8 Å². The maximum Gasteiger partial charge on any atom is 0.250 e. The van der Waals surface area contributed by atoms with E-state index in [2.05, 4.69) is 21.6 Å². The Balaban J connectivity index is 1.40. The molecule has 0 aliphatic carbocycles. The van der Waals surface area contributed by atoms with Gasteiger partial charge in [-0.1, -0.05) is 29.5 Å². The third-order valence-corrected chi connectivity index (χ3v) is 6.13. The highest BCUT2D eigenvalue weighted by Crippen LogP contribution is 2.31. The van der Waals surface area contributed by atoms with E-state index in [4.69, 9.17) is 9.72 Å². The number of fused-ring (bicyclic) bond motifs is 1. The smallest absolute Gasteiger partial charge is 0.250 e. The topological polar surface area (TPSA) is 83.6 Å². The van der Waals surface area contributed by atoms with Gasteiger partial charge in [0.1, 0.15) is 6.61 Å². The molecule has 2 amide bonds. The van der Waals surface area contributed by atoms with Crippen LogP contribution in [0.5, 0.6) is 0 Å². The van der Waals surface area contributed by atoms with Gasteiger partial charge in [-0.05, 0) is 43.2 Å². The predicted octanol–water partition coefficient (Wildman–Crippen LogP) is 3.74. The van der Waals surface area contributed by atoms with Crippen molar-refractivity contribution < 1.29 is 14.3 Å². The van der Waals surface area contributed by atoms with Crippen molar-refractivity contribution in [2.24, 2.45) is 5.92 Å². The predicted molar refractivity (Wildman–Crippen MR) is 120 cm³/mol. The Bertz CT molecular complexity index is 1020. The Hall–Kier alpha value is -2.97. The summed E-state index contributed by atoms with van der Waals surface area (Å²) in [5.41, 5.74) is 2.28. The number of benzene rings is 2. The summed E-state index contributed by atoms with van der Waals surface area (Å²) in [6.45, 7) is 1.54. The van der Waals surface area contributed by atoms with Gasteiger partial charge in [-0.3, -0.25) is 9.59 Å². The molecule has 3 aromatic rings. The molecule has 4 rings (SSSR count). The lowest BCUT2D eigenvalue weighted by Gasteiger charge is -2.31. The average Bonchev–Trinajstić information content (AvgIpc) is 3.19. The highest BCUT2D eigenvalue weighted by atomic mass is 32.1. The molecule has 1 aromatic heterocycles. The molecule has 1 atom stereocenters. The number of aromatic nitrogens is 1. The highest BCUT2D eigenvalue weighted by Gasteiger charge is 2.27. The minimum absolute atomic E-state index is 0.0128. The first kappa shape index (κ1) is 20.3. The Morgan fingerprint density at radius 3 is 2.77 bits per heavy atom. The van der Waals surface area contributed by atoms with Crippen molar-refractivity contribution in [3.63, 3.8) is 0 Å². The van der Waals surface area contributed by atoms with E-state index < -0.39 is 0 Å². The molecule has 2 heterocycles. The summed E-state index contributed by atoms with van der Waals surface area (Å²) < 4.78 is 5.98. The van der Waals surface area contributed by atoms with E-state index in [1.807, 2.05) is 24.3 Å². The summed E-state index contributed by atoms with van der Waals surface area (Å²) in [5.74, 6) is -0.363. The minimum Gasteiger partial charge on any atom is -0.375 e. The molecule has 2 aromatic carbocycles. The first-order valence-corrected chi connectivity index (χ1v) is 10.7. The van der Waals surface area contributed by atoms with Crippen molar-refractivity contribution in [2.45, 2.75) is 12.8 Å². The number of amides is 2. The molecule has 0 saturated carbocycles. The lowest BCUT2D eigenvalue weighted by atomic mass is 9.97. The van der Waals surface area contributed by atoms with Crippen molar-refractivity contribution in [3.05, 3.63) is 48.5 Å². The van der Waals surface area contributed by atoms with Gasteiger partial charge in [0.05, 0.1) is 16.1 Å². The number of methoxy groups -OCH3 is 1. The van der Waals surface area contributed by atoms with E-state index in [0.717, 1.165) is 34.7 Å². The molecule has 30 heavy (non-hydrogen) atoms. The number of carbonyl (C=O) groups is 2. The number of anilines is 3. The molecule has 0 bridgehead atoms. The zero-order valence-corrected chi connectivity index (χ0v) is 17.6. The number of nitrogens with zero attached hydrogens (tertiary/aromatic N) is 2. The molecule has 1 aliphatic rings. The first-order valence-electron chi connectivity index (χ1n) is 9.92. The quantitative estimate of drug-likeness (QED) is 0.630. The van der Waals surface area contributed by atoms with Gasteiger partial charge in [0.2, 0.25) is 11.8 Å². The van der Waals surface area contributed by atoms with Crippen molar-refractivity contribution in [2.75, 3.05) is 42.3 Å². The number of carbonyl (C=O) groups excluding carboxylic acids is 2. The van der Waals surface area contributed by atoms with E-state index in [9.17, 15) is 9.59 Å². The van der Waals surface area contributed by atoms with Crippen LogP contribution in [0.15, 0.2) is 48.5 Å². The van der Waals surface area contributed by atoms with Crippen LogP contribution in [0.2, 0.25) is 0 Å². The van der Waals surface area contributed by atoms with Crippen molar-refractivity contribution in [1.29, 1.82) is 0 Å². The van der Waals surface area contributed by atoms with E-state index in [1.54, 1.807) is 29.5 Å². The molecular weight excluding hydrogens is 400 g/mol.